The van der Waals surface area contributed by atoms with Gasteiger partial charge in [-0.15, -0.1) is 0 Å². The van der Waals surface area contributed by atoms with Crippen LogP contribution in [0.5, 0.6) is 0 Å². The molecule has 94 valence electrons. The number of aliphatic imine (C=N–C) groups is 1. The number of aromatic carboxylic acids is 1. The number of nitrogens with one attached hydrogen (secondary N) is 1. The average molecular weight is 252 g/mol. The maximum Gasteiger partial charge on any atom is 0.335 e. The van der Waals surface area contributed by atoms with E-state index in [0.29, 0.717) is 5.92 Å². The van der Waals surface area contributed by atoms with Gasteiger partial charge in [-0.3, -0.25) is 0 Å². The summed E-state index contributed by atoms with van der Waals surface area (Å²) in [7, 11) is 0. The van der Waals surface area contributed by atoms with Crippen LogP contribution in [0.25, 0.3) is 5.57 Å². The molecule has 2 heterocycles. The van der Waals surface area contributed by atoms with Crippen LogP contribution in [0.1, 0.15) is 15.9 Å². The lowest BCUT2D eigenvalue weighted by atomic mass is 9.86. The van der Waals surface area contributed by atoms with Crippen LogP contribution in [0.4, 0.5) is 5.69 Å². The molecular weight excluding hydrogens is 240 g/mol. The summed E-state index contributed by atoms with van der Waals surface area (Å²) in [6.07, 6.45) is 4.23. The van der Waals surface area contributed by atoms with Crippen molar-refractivity contribution < 1.29 is 9.90 Å². The van der Waals surface area contributed by atoms with Gasteiger partial charge in [-0.25, -0.2) is 9.79 Å². The van der Waals surface area contributed by atoms with Crippen molar-refractivity contribution in [3.63, 3.8) is 0 Å². The summed E-state index contributed by atoms with van der Waals surface area (Å²) in [5.41, 5.74) is 5.67. The van der Waals surface area contributed by atoms with E-state index in [1.807, 2.05) is 6.07 Å². The molecular formula is C15H12N2O2. The molecule has 1 aromatic carbocycles. The van der Waals surface area contributed by atoms with Crippen molar-refractivity contribution in [1.29, 1.82) is 0 Å². The Balaban J connectivity index is 1.92. The van der Waals surface area contributed by atoms with E-state index in [-0.39, 0.29) is 5.56 Å². The molecule has 4 rings (SSSR count). The van der Waals surface area contributed by atoms with Crippen molar-refractivity contribution >= 4 is 22.9 Å². The van der Waals surface area contributed by atoms with Crippen LogP contribution in [-0.2, 0) is 0 Å². The second-order valence-electron chi connectivity index (χ2n) is 5.03. The molecule has 1 atom stereocenters. The van der Waals surface area contributed by atoms with Gasteiger partial charge in [0.15, 0.2) is 0 Å². The first-order chi connectivity index (χ1) is 9.24. The van der Waals surface area contributed by atoms with E-state index < -0.39 is 5.97 Å². The molecule has 0 radical (unpaired) electrons. The van der Waals surface area contributed by atoms with Gasteiger partial charge in [0, 0.05) is 30.1 Å². The lowest BCUT2D eigenvalue weighted by Gasteiger charge is -2.16. The van der Waals surface area contributed by atoms with Gasteiger partial charge < -0.3 is 10.4 Å². The number of fused-ring (bicyclic) bond motifs is 4. The van der Waals surface area contributed by atoms with E-state index in [9.17, 15) is 4.79 Å². The molecule has 1 unspecified atom stereocenters. The minimum Gasteiger partial charge on any atom is -0.478 e. The number of carboxylic acids is 1. The zero-order chi connectivity index (χ0) is 13.0. The summed E-state index contributed by atoms with van der Waals surface area (Å²) >= 11 is 0. The van der Waals surface area contributed by atoms with Gasteiger partial charge in [-0.05, 0) is 23.8 Å². The molecule has 4 heteroatoms. The highest BCUT2D eigenvalue weighted by Crippen LogP contribution is 2.42. The number of carbonyl (C=O) groups is 1. The van der Waals surface area contributed by atoms with Crippen molar-refractivity contribution in [2.75, 3.05) is 13.1 Å². The molecule has 2 aliphatic heterocycles. The lowest BCUT2D eigenvalue weighted by Crippen LogP contribution is -2.10. The summed E-state index contributed by atoms with van der Waals surface area (Å²) in [5.74, 6) is -0.453. The first kappa shape index (κ1) is 10.7. The largest absolute Gasteiger partial charge is 0.478 e. The number of hydrogen-bond acceptors (Lipinski definition) is 3. The zero-order valence-corrected chi connectivity index (χ0v) is 10.2. The zero-order valence-electron chi connectivity index (χ0n) is 10.2. The third-order valence-corrected chi connectivity index (χ3v) is 3.95. The summed E-state index contributed by atoms with van der Waals surface area (Å²) in [5, 5.41) is 12.4. The van der Waals surface area contributed by atoms with Crippen LogP contribution >= 0.6 is 0 Å². The van der Waals surface area contributed by atoms with Crippen LogP contribution in [0.2, 0.25) is 0 Å². The first-order valence-corrected chi connectivity index (χ1v) is 6.33. The Kier molecular flexibility index (Phi) is 2.05. The van der Waals surface area contributed by atoms with E-state index in [2.05, 4.69) is 22.5 Å². The van der Waals surface area contributed by atoms with E-state index in [1.54, 1.807) is 12.1 Å². The molecule has 4 nitrogen and oxygen atoms in total. The number of rotatable bonds is 1. The summed E-state index contributed by atoms with van der Waals surface area (Å²) in [6, 6.07) is 5.19. The van der Waals surface area contributed by atoms with E-state index in [4.69, 9.17) is 5.11 Å². The molecule has 0 spiro atoms. The fourth-order valence-corrected chi connectivity index (χ4v) is 3.03. The molecule has 19 heavy (non-hydrogen) atoms. The third-order valence-electron chi connectivity index (χ3n) is 3.95. The Morgan fingerprint density at radius 3 is 3.16 bits per heavy atom. The maximum atomic E-state index is 11.0. The second-order valence-corrected chi connectivity index (χ2v) is 5.03. The molecule has 3 aliphatic rings. The Bertz CT molecular complexity index is 698. The Labute approximate surface area is 110 Å². The van der Waals surface area contributed by atoms with Crippen molar-refractivity contribution in [3.8, 4) is 0 Å². The van der Waals surface area contributed by atoms with Crippen molar-refractivity contribution in [2.45, 2.75) is 0 Å². The predicted molar refractivity (Wildman–Crippen MR) is 72.9 cm³/mol. The van der Waals surface area contributed by atoms with Gasteiger partial charge in [-0.2, -0.15) is 0 Å². The summed E-state index contributed by atoms with van der Waals surface area (Å²) in [6.45, 7) is 1.87. The third kappa shape index (κ3) is 1.43. The smallest absolute Gasteiger partial charge is 0.335 e. The summed E-state index contributed by atoms with van der Waals surface area (Å²) in [4.78, 5) is 15.6. The van der Waals surface area contributed by atoms with E-state index in [0.717, 1.165) is 30.1 Å². The van der Waals surface area contributed by atoms with Crippen LogP contribution in [0.15, 0.2) is 40.9 Å². The van der Waals surface area contributed by atoms with Gasteiger partial charge in [0.05, 0.1) is 17.0 Å². The van der Waals surface area contributed by atoms with Crippen molar-refractivity contribution in [2.24, 2.45) is 10.9 Å². The fourth-order valence-electron chi connectivity index (χ4n) is 3.03. The number of benzene rings is 1. The normalized spacial score (nSPS) is 22.9. The highest BCUT2D eigenvalue weighted by Gasteiger charge is 2.31. The topological polar surface area (TPSA) is 61.7 Å². The Morgan fingerprint density at radius 2 is 2.32 bits per heavy atom. The monoisotopic (exact) mass is 252 g/mol. The first-order valence-electron chi connectivity index (χ1n) is 6.33. The van der Waals surface area contributed by atoms with E-state index in [1.165, 1.54) is 11.1 Å². The lowest BCUT2D eigenvalue weighted by molar-refractivity contribution is 0.0697. The number of nitrogens with zero attached hydrogens (tertiary/aromatic N) is 1. The molecule has 1 aliphatic carbocycles. The fraction of sp³-hybridized carbons (Fsp3) is 0.200. The highest BCUT2D eigenvalue weighted by atomic mass is 16.4. The molecule has 0 aromatic heterocycles. The summed E-state index contributed by atoms with van der Waals surface area (Å²) < 4.78 is 0. The van der Waals surface area contributed by atoms with Crippen LogP contribution in [0, 0.1) is 5.92 Å². The van der Waals surface area contributed by atoms with E-state index >= 15 is 0 Å². The number of allylic oxidation sites excluding steroid dienone is 2. The average Bonchev–Trinajstić information content (AvgIpc) is 3.00. The minimum atomic E-state index is -0.911. The quantitative estimate of drug-likeness (QED) is 0.803. The SMILES string of the molecule is O=C(O)c1ccc2c(c1)N=C1C=CC3CNCC3=C12. The molecule has 1 saturated heterocycles. The van der Waals surface area contributed by atoms with Gasteiger partial charge in [0.25, 0.3) is 0 Å². The highest BCUT2D eigenvalue weighted by molar-refractivity contribution is 6.35. The Hall–Kier alpha value is -2.20. The molecule has 0 amide bonds. The van der Waals surface area contributed by atoms with Gasteiger partial charge >= 0.3 is 5.97 Å². The van der Waals surface area contributed by atoms with Crippen LogP contribution in [-0.4, -0.2) is 29.9 Å². The van der Waals surface area contributed by atoms with Crippen molar-refractivity contribution in [1.82, 2.24) is 5.32 Å². The number of hydrogen-bond donors (Lipinski definition) is 2. The minimum absolute atomic E-state index is 0.289. The molecule has 0 bridgehead atoms. The van der Waals surface area contributed by atoms with Gasteiger partial charge in [0.2, 0.25) is 0 Å². The maximum absolute atomic E-state index is 11.0. The van der Waals surface area contributed by atoms with Gasteiger partial charge in [-0.1, -0.05) is 12.1 Å². The number of carboxylic acid groups (broad SMARTS) is 1. The van der Waals surface area contributed by atoms with Crippen molar-refractivity contribution in [3.05, 3.63) is 47.1 Å². The van der Waals surface area contributed by atoms with Crippen LogP contribution < -0.4 is 5.32 Å². The molecule has 0 saturated carbocycles. The van der Waals surface area contributed by atoms with Gasteiger partial charge in [0.1, 0.15) is 0 Å². The predicted octanol–water partition coefficient (Wildman–Crippen LogP) is 2.01. The second kappa shape index (κ2) is 3.65. The standard InChI is InChI=1S/C15H12N2O2/c18-15(19)8-1-3-10-13(5-8)17-12-4-2-9-6-16-7-11(9)14(10)12/h1-5,9,16H,6-7H2,(H,18,19). The Morgan fingerprint density at radius 1 is 1.42 bits per heavy atom. The molecule has 1 fully saturated rings. The molecule has 2 N–H and O–H groups in total. The molecule has 1 aromatic rings. The van der Waals surface area contributed by atoms with Crippen LogP contribution in [0.3, 0.4) is 0 Å².